The van der Waals surface area contributed by atoms with Crippen molar-refractivity contribution in [3.05, 3.63) is 98.5 Å². The Hall–Kier alpha value is -2.78. The van der Waals surface area contributed by atoms with E-state index in [1.807, 2.05) is 44.2 Å². The summed E-state index contributed by atoms with van der Waals surface area (Å²) in [7, 11) is -3.91. The Balaban J connectivity index is 2.10. The molecule has 0 heterocycles. The van der Waals surface area contributed by atoms with Crippen LogP contribution in [-0.4, -0.2) is 50.0 Å². The zero-order valence-corrected chi connectivity index (χ0v) is 26.5. The molecule has 0 fully saturated rings. The van der Waals surface area contributed by atoms with Crippen molar-refractivity contribution in [1.82, 2.24) is 10.2 Å². The van der Waals surface area contributed by atoms with Crippen molar-refractivity contribution in [1.29, 1.82) is 0 Å². The van der Waals surface area contributed by atoms with E-state index in [0.717, 1.165) is 21.7 Å². The summed E-state index contributed by atoms with van der Waals surface area (Å²) in [5.74, 6) is -0.940. The van der Waals surface area contributed by atoms with Crippen molar-refractivity contribution in [2.75, 3.05) is 17.1 Å². The summed E-state index contributed by atoms with van der Waals surface area (Å²) in [6.07, 6.45) is 1.91. The zero-order chi connectivity index (χ0) is 30.3. The van der Waals surface area contributed by atoms with E-state index in [4.69, 9.17) is 34.8 Å². The van der Waals surface area contributed by atoms with Gasteiger partial charge in [0.1, 0.15) is 12.6 Å². The molecule has 7 nitrogen and oxygen atoms in total. The van der Waals surface area contributed by atoms with Gasteiger partial charge in [0.15, 0.2) is 0 Å². The van der Waals surface area contributed by atoms with E-state index in [1.165, 1.54) is 11.0 Å². The van der Waals surface area contributed by atoms with Crippen LogP contribution in [0.2, 0.25) is 15.1 Å². The third kappa shape index (κ3) is 9.10. The highest BCUT2D eigenvalue weighted by Gasteiger charge is 2.34. The SMILES string of the molecule is CC[C@H](C)NC(=O)[C@@H](Cc1ccccc1)N(Cc1ccc(Cl)cc1Cl)C(=O)CN(c1ccc(C)c(Cl)c1)S(C)(=O)=O. The molecule has 0 bridgehead atoms. The molecular formula is C30H34Cl3N3O4S. The van der Waals surface area contributed by atoms with Gasteiger partial charge in [0.05, 0.1) is 11.9 Å². The Morgan fingerprint density at radius 1 is 0.951 bits per heavy atom. The second kappa shape index (κ2) is 14.4. The number of anilines is 1. The number of hydrogen-bond donors (Lipinski definition) is 1. The van der Waals surface area contributed by atoms with Gasteiger partial charge in [-0.1, -0.05) is 84.2 Å². The first-order valence-electron chi connectivity index (χ1n) is 13.1. The van der Waals surface area contributed by atoms with E-state index in [1.54, 1.807) is 37.3 Å². The van der Waals surface area contributed by atoms with Crippen LogP contribution in [-0.2, 0) is 32.6 Å². The van der Waals surface area contributed by atoms with Gasteiger partial charge in [-0.15, -0.1) is 0 Å². The number of amides is 2. The van der Waals surface area contributed by atoms with Gasteiger partial charge in [-0.3, -0.25) is 13.9 Å². The molecule has 41 heavy (non-hydrogen) atoms. The van der Waals surface area contributed by atoms with Gasteiger partial charge in [0.2, 0.25) is 21.8 Å². The Morgan fingerprint density at radius 3 is 2.22 bits per heavy atom. The Morgan fingerprint density at radius 2 is 1.63 bits per heavy atom. The highest BCUT2D eigenvalue weighted by atomic mass is 35.5. The van der Waals surface area contributed by atoms with Crippen molar-refractivity contribution >= 4 is 62.3 Å². The maximum atomic E-state index is 14.1. The van der Waals surface area contributed by atoms with E-state index in [0.29, 0.717) is 27.1 Å². The maximum Gasteiger partial charge on any atom is 0.244 e. The van der Waals surface area contributed by atoms with Crippen LogP contribution in [0.5, 0.6) is 0 Å². The Bertz CT molecular complexity index is 1490. The molecule has 3 rings (SSSR count). The van der Waals surface area contributed by atoms with Crippen molar-refractivity contribution < 1.29 is 18.0 Å². The number of nitrogens with zero attached hydrogens (tertiary/aromatic N) is 2. The van der Waals surface area contributed by atoms with Crippen molar-refractivity contribution in [2.24, 2.45) is 0 Å². The molecule has 11 heteroatoms. The van der Waals surface area contributed by atoms with Gasteiger partial charge in [-0.05, 0) is 61.2 Å². The standard InChI is InChI=1S/C30H34Cl3N3O4S/c1-5-21(3)34-30(38)28(15-22-9-7-6-8-10-22)35(18-23-12-13-24(31)16-27(23)33)29(37)19-36(41(4,39)40)25-14-11-20(2)26(32)17-25/h6-14,16-17,21,28H,5,15,18-19H2,1-4H3,(H,34,38)/t21-,28+/m0/s1. The number of benzene rings is 3. The summed E-state index contributed by atoms with van der Waals surface area (Å²) in [6, 6.07) is 17.9. The largest absolute Gasteiger partial charge is 0.352 e. The van der Waals surface area contributed by atoms with Gasteiger partial charge < -0.3 is 10.2 Å². The van der Waals surface area contributed by atoms with E-state index in [-0.39, 0.29) is 30.6 Å². The summed E-state index contributed by atoms with van der Waals surface area (Å²) in [6.45, 7) is 5.03. The Labute approximate surface area is 257 Å². The highest BCUT2D eigenvalue weighted by Crippen LogP contribution is 2.27. The van der Waals surface area contributed by atoms with E-state index in [9.17, 15) is 18.0 Å². The number of nitrogens with one attached hydrogen (secondary N) is 1. The number of rotatable bonds is 12. The van der Waals surface area contributed by atoms with Crippen molar-refractivity contribution in [2.45, 2.75) is 52.2 Å². The lowest BCUT2D eigenvalue weighted by atomic mass is 10.0. The maximum absolute atomic E-state index is 14.1. The molecule has 0 aromatic heterocycles. The summed E-state index contributed by atoms with van der Waals surface area (Å²) >= 11 is 18.9. The predicted octanol–water partition coefficient (Wildman–Crippen LogP) is 6.28. The number of hydrogen-bond acceptors (Lipinski definition) is 4. The number of carbonyl (C=O) groups is 2. The first-order chi connectivity index (χ1) is 19.3. The number of halogens is 3. The van der Waals surface area contributed by atoms with Crippen LogP contribution >= 0.6 is 34.8 Å². The van der Waals surface area contributed by atoms with Crippen LogP contribution in [0.4, 0.5) is 5.69 Å². The lowest BCUT2D eigenvalue weighted by Gasteiger charge is -2.34. The molecular weight excluding hydrogens is 605 g/mol. The fourth-order valence-electron chi connectivity index (χ4n) is 4.18. The molecule has 0 saturated carbocycles. The van der Waals surface area contributed by atoms with E-state index in [2.05, 4.69) is 5.32 Å². The molecule has 3 aromatic rings. The lowest BCUT2D eigenvalue weighted by Crippen LogP contribution is -2.54. The molecule has 0 radical (unpaired) electrons. The van der Waals surface area contributed by atoms with Crippen LogP contribution < -0.4 is 9.62 Å². The quantitative estimate of drug-likeness (QED) is 0.253. The first-order valence-corrected chi connectivity index (χ1v) is 16.1. The number of sulfonamides is 1. The summed E-state index contributed by atoms with van der Waals surface area (Å²) < 4.78 is 26.8. The van der Waals surface area contributed by atoms with Gasteiger partial charge in [0.25, 0.3) is 0 Å². The smallest absolute Gasteiger partial charge is 0.244 e. The molecule has 0 aliphatic heterocycles. The van der Waals surface area contributed by atoms with Gasteiger partial charge >= 0.3 is 0 Å². The van der Waals surface area contributed by atoms with E-state index < -0.39 is 28.5 Å². The minimum Gasteiger partial charge on any atom is -0.352 e. The third-order valence-electron chi connectivity index (χ3n) is 6.75. The number of carbonyl (C=O) groups excluding carboxylic acids is 2. The van der Waals surface area contributed by atoms with Crippen LogP contribution in [0.3, 0.4) is 0 Å². The molecule has 2 atom stereocenters. The second-order valence-corrected chi connectivity index (χ2v) is 13.1. The van der Waals surface area contributed by atoms with Crippen LogP contribution in [0.1, 0.15) is 37.0 Å². The molecule has 220 valence electrons. The molecule has 3 aromatic carbocycles. The van der Waals surface area contributed by atoms with Crippen molar-refractivity contribution in [3.8, 4) is 0 Å². The van der Waals surface area contributed by atoms with Crippen LogP contribution in [0, 0.1) is 6.92 Å². The molecule has 2 amide bonds. The molecule has 0 unspecified atom stereocenters. The summed E-state index contributed by atoms with van der Waals surface area (Å²) in [5, 5.41) is 4.10. The minimum absolute atomic E-state index is 0.0491. The Kier molecular flexibility index (Phi) is 11.5. The predicted molar refractivity (Wildman–Crippen MR) is 167 cm³/mol. The van der Waals surface area contributed by atoms with Crippen molar-refractivity contribution in [3.63, 3.8) is 0 Å². The first kappa shape index (κ1) is 32.7. The fraction of sp³-hybridized carbons (Fsp3) is 0.333. The monoisotopic (exact) mass is 637 g/mol. The average molecular weight is 639 g/mol. The number of aryl methyl sites for hydroxylation is 1. The summed E-state index contributed by atoms with van der Waals surface area (Å²) in [5.41, 5.74) is 2.40. The van der Waals surface area contributed by atoms with E-state index >= 15 is 0 Å². The fourth-order valence-corrected chi connectivity index (χ4v) is 5.66. The van der Waals surface area contributed by atoms with Gasteiger partial charge in [0, 0.05) is 34.1 Å². The molecule has 0 aliphatic carbocycles. The van der Waals surface area contributed by atoms with Crippen LogP contribution in [0.15, 0.2) is 66.7 Å². The topological polar surface area (TPSA) is 86.8 Å². The molecule has 0 aliphatic rings. The highest BCUT2D eigenvalue weighted by molar-refractivity contribution is 7.92. The molecule has 0 saturated heterocycles. The van der Waals surface area contributed by atoms with Crippen LogP contribution in [0.25, 0.3) is 0 Å². The second-order valence-electron chi connectivity index (χ2n) is 9.98. The lowest BCUT2D eigenvalue weighted by molar-refractivity contribution is -0.140. The molecule has 0 spiro atoms. The molecule has 1 N–H and O–H groups in total. The third-order valence-corrected chi connectivity index (χ3v) is 8.89. The zero-order valence-electron chi connectivity index (χ0n) is 23.4. The minimum atomic E-state index is -3.91. The normalized spacial score (nSPS) is 12.9. The average Bonchev–Trinajstić information content (AvgIpc) is 2.91. The van der Waals surface area contributed by atoms with Gasteiger partial charge in [-0.2, -0.15) is 0 Å². The van der Waals surface area contributed by atoms with Gasteiger partial charge in [-0.25, -0.2) is 8.42 Å². The summed E-state index contributed by atoms with van der Waals surface area (Å²) in [4.78, 5) is 29.2.